The van der Waals surface area contributed by atoms with Gasteiger partial charge in [0.15, 0.2) is 17.2 Å². The number of carbonyl (C=O) groups is 1. The van der Waals surface area contributed by atoms with Crippen LogP contribution in [0.1, 0.15) is 125 Å². The van der Waals surface area contributed by atoms with Crippen LogP contribution < -0.4 is 0 Å². The molecule has 6 saturated heterocycles. The van der Waals surface area contributed by atoms with E-state index >= 15 is 0 Å². The number of rotatable bonds is 10. The monoisotopic (exact) mass is 818 g/mol. The van der Waals surface area contributed by atoms with E-state index in [1.54, 1.807) is 0 Å². The summed E-state index contributed by atoms with van der Waals surface area (Å²) in [6, 6.07) is 0. The molecule has 328 valence electrons. The third-order valence-corrected chi connectivity index (χ3v) is 14.2. The molecule has 0 aliphatic carbocycles. The summed E-state index contributed by atoms with van der Waals surface area (Å²) in [5.41, 5.74) is -0.287. The lowest BCUT2D eigenvalue weighted by Gasteiger charge is -2.50. The molecule has 6 fully saturated rings. The minimum atomic E-state index is -1.73. The van der Waals surface area contributed by atoms with Crippen molar-refractivity contribution in [3.63, 3.8) is 0 Å². The van der Waals surface area contributed by atoms with Crippen LogP contribution in [-0.2, 0) is 42.7 Å². The van der Waals surface area contributed by atoms with E-state index < -0.39 is 71.7 Å². The van der Waals surface area contributed by atoms with E-state index in [1.165, 1.54) is 14.0 Å². The average molecular weight is 819 g/mol. The molecule has 0 aromatic carbocycles. The second-order valence-corrected chi connectivity index (χ2v) is 19.1. The molecule has 7 aliphatic heterocycles. The van der Waals surface area contributed by atoms with Crippen LogP contribution in [0.4, 0.5) is 0 Å². The number of esters is 1. The molecule has 0 bridgehead atoms. The van der Waals surface area contributed by atoms with Crippen LogP contribution in [0.2, 0.25) is 0 Å². The normalized spacial score (nSPS) is 44.8. The molecule has 0 aromatic heterocycles. The van der Waals surface area contributed by atoms with Crippen molar-refractivity contribution in [2.24, 2.45) is 17.8 Å². The number of ether oxygens (including phenoxy) is 8. The first-order valence-corrected chi connectivity index (χ1v) is 22.1. The highest BCUT2D eigenvalue weighted by molar-refractivity contribution is 5.78. The van der Waals surface area contributed by atoms with Crippen LogP contribution in [0.3, 0.4) is 0 Å². The summed E-state index contributed by atoms with van der Waals surface area (Å²) in [4.78, 5) is 12.2. The molecule has 7 heterocycles. The Labute approximate surface area is 344 Å². The highest BCUT2D eigenvalue weighted by Crippen LogP contribution is 2.47. The third kappa shape index (κ3) is 9.21. The third-order valence-electron chi connectivity index (χ3n) is 14.2. The Hall–Kier alpha value is -1.75. The van der Waals surface area contributed by atoms with Crippen LogP contribution in [-0.4, -0.2) is 124 Å². The molecule has 4 N–H and O–H groups in total. The van der Waals surface area contributed by atoms with Crippen LogP contribution in [0, 0.1) is 17.8 Å². The van der Waals surface area contributed by atoms with Crippen molar-refractivity contribution in [1.82, 2.24) is 0 Å². The van der Waals surface area contributed by atoms with E-state index in [1.807, 2.05) is 19.1 Å². The molecule has 13 nitrogen and oxygen atoms in total. The average Bonchev–Trinajstić information content (AvgIpc) is 3.59. The van der Waals surface area contributed by atoms with E-state index in [-0.39, 0.29) is 36.6 Å². The van der Waals surface area contributed by atoms with Gasteiger partial charge in [-0.25, -0.2) is 4.79 Å². The first-order chi connectivity index (χ1) is 27.5. The van der Waals surface area contributed by atoms with Gasteiger partial charge in [-0.3, -0.25) is 0 Å². The van der Waals surface area contributed by atoms with Gasteiger partial charge in [-0.1, -0.05) is 45.1 Å². The molecule has 17 atom stereocenters. The molecule has 7 rings (SSSR count). The minimum absolute atomic E-state index is 0.0145. The summed E-state index contributed by atoms with van der Waals surface area (Å²) >= 11 is 0. The van der Waals surface area contributed by atoms with E-state index in [0.29, 0.717) is 56.4 Å². The van der Waals surface area contributed by atoms with Crippen molar-refractivity contribution in [3.8, 4) is 0 Å². The molecule has 58 heavy (non-hydrogen) atoms. The van der Waals surface area contributed by atoms with Crippen LogP contribution in [0.25, 0.3) is 0 Å². The Bertz CT molecular complexity index is 1520. The molecule has 0 aromatic rings. The summed E-state index contributed by atoms with van der Waals surface area (Å²) in [5, 5.41) is 45.0. The van der Waals surface area contributed by atoms with Crippen molar-refractivity contribution in [3.05, 3.63) is 36.0 Å². The molecule has 0 amide bonds. The first-order valence-electron chi connectivity index (χ1n) is 22.1. The van der Waals surface area contributed by atoms with Crippen molar-refractivity contribution < 1.29 is 63.1 Å². The summed E-state index contributed by atoms with van der Waals surface area (Å²) in [6.07, 6.45) is 9.94. The zero-order chi connectivity index (χ0) is 41.6. The Morgan fingerprint density at radius 2 is 1.78 bits per heavy atom. The number of carbonyl (C=O) groups excluding carboxylic acids is 1. The highest BCUT2D eigenvalue weighted by Gasteiger charge is 2.55. The van der Waals surface area contributed by atoms with E-state index in [2.05, 4.69) is 33.4 Å². The fourth-order valence-electron chi connectivity index (χ4n) is 10.8. The maximum atomic E-state index is 12.2. The molecule has 3 unspecified atom stereocenters. The Kier molecular flexibility index (Phi) is 13.4. The van der Waals surface area contributed by atoms with Gasteiger partial charge in [-0.05, 0) is 95.1 Å². The van der Waals surface area contributed by atoms with Crippen LogP contribution in [0.15, 0.2) is 36.0 Å². The zero-order valence-corrected chi connectivity index (χ0v) is 35.5. The van der Waals surface area contributed by atoms with E-state index in [9.17, 15) is 25.2 Å². The van der Waals surface area contributed by atoms with Gasteiger partial charge >= 0.3 is 5.97 Å². The molecule has 7 aliphatic rings. The van der Waals surface area contributed by atoms with Gasteiger partial charge in [0.2, 0.25) is 5.79 Å². The second-order valence-electron chi connectivity index (χ2n) is 19.1. The zero-order valence-electron chi connectivity index (χ0n) is 35.5. The van der Waals surface area contributed by atoms with Gasteiger partial charge in [-0.15, -0.1) is 0 Å². The SMILES string of the molecule is C=C1[C@@H](O)[C@@H]2O[C@]3(CC[C@H](/C=C/[C@@H](C)[C@@H]4CC(C)=CC5(O[C@H](CC(C)(O)C(=O)OC)CC[C@H]5O)O4)O3)CC[C@H]2O[C@@H]1[C@@H](O)C[C@H](C)[C@H]1OC2(CCCCO2)CC[C@H]1C. The van der Waals surface area contributed by atoms with Crippen LogP contribution in [0.5, 0.6) is 0 Å². The van der Waals surface area contributed by atoms with Gasteiger partial charge in [0.05, 0.1) is 50.3 Å². The molecule has 0 radical (unpaired) electrons. The molecule has 0 saturated carbocycles. The summed E-state index contributed by atoms with van der Waals surface area (Å²) < 4.78 is 50.2. The first kappa shape index (κ1) is 44.3. The number of fused-ring (bicyclic) bond motifs is 1. The van der Waals surface area contributed by atoms with Gasteiger partial charge in [0, 0.05) is 38.0 Å². The molecular formula is C45H70O13. The molecule has 3 spiro atoms. The van der Waals surface area contributed by atoms with E-state index in [0.717, 1.165) is 50.7 Å². The fourth-order valence-corrected chi connectivity index (χ4v) is 10.8. The lowest BCUT2D eigenvalue weighted by Crippen LogP contribution is -2.60. The van der Waals surface area contributed by atoms with Crippen molar-refractivity contribution in [2.45, 2.75) is 209 Å². The summed E-state index contributed by atoms with van der Waals surface area (Å²) in [6.45, 7) is 14.7. The minimum Gasteiger partial charge on any atom is -0.467 e. The fraction of sp³-hybridized carbons (Fsp3) is 0.844. The number of hydrogen-bond acceptors (Lipinski definition) is 13. The largest absolute Gasteiger partial charge is 0.467 e. The quantitative estimate of drug-likeness (QED) is 0.166. The number of aliphatic hydroxyl groups excluding tert-OH is 3. The molecular weight excluding hydrogens is 748 g/mol. The predicted octanol–water partition coefficient (Wildman–Crippen LogP) is 5.30. The van der Waals surface area contributed by atoms with E-state index in [4.69, 9.17) is 37.9 Å². The summed E-state index contributed by atoms with van der Waals surface area (Å²) in [7, 11) is 1.24. The highest BCUT2D eigenvalue weighted by atomic mass is 16.7. The number of aliphatic hydroxyl groups is 4. The van der Waals surface area contributed by atoms with Gasteiger partial charge in [0.1, 0.15) is 24.4 Å². The van der Waals surface area contributed by atoms with Gasteiger partial charge < -0.3 is 58.3 Å². The maximum Gasteiger partial charge on any atom is 0.337 e. The lowest BCUT2D eigenvalue weighted by molar-refractivity contribution is -0.321. The lowest BCUT2D eigenvalue weighted by atomic mass is 9.79. The smallest absolute Gasteiger partial charge is 0.337 e. The topological polar surface area (TPSA) is 172 Å². The Morgan fingerprint density at radius 3 is 2.52 bits per heavy atom. The van der Waals surface area contributed by atoms with Crippen molar-refractivity contribution in [2.75, 3.05) is 13.7 Å². The van der Waals surface area contributed by atoms with Crippen molar-refractivity contribution in [1.29, 1.82) is 0 Å². The Balaban J connectivity index is 0.919. The van der Waals surface area contributed by atoms with Gasteiger partial charge in [-0.2, -0.15) is 0 Å². The number of hydrogen-bond donors (Lipinski definition) is 4. The standard InChI is InChI=1S/C45H70O13/c1-26-22-35(56-45(24-26)36(47)13-12-32(55-45)25-42(6,50)41(49)51-7)27(2)10-11-31-15-19-44(54-31)20-16-34-40(58-44)37(48)30(5)39(53-34)33(46)23-29(4)38-28(3)14-18-43(57-38)17-8-9-21-52-43/h10-11,24,27-29,31-40,46-48,50H,5,8-9,12-23,25H2,1-4,6-7H3/b11-10+/t27-,28-,29+,31+,32+,33+,34-,35+,36-,37-,38+,39+,40-,42?,43?,44-,45?/m1/s1. The number of methoxy groups -OCH3 is 1. The second kappa shape index (κ2) is 17.6. The predicted molar refractivity (Wildman–Crippen MR) is 212 cm³/mol. The molecule has 13 heteroatoms. The van der Waals surface area contributed by atoms with Gasteiger partial charge in [0.25, 0.3) is 0 Å². The maximum absolute atomic E-state index is 12.2. The van der Waals surface area contributed by atoms with Crippen LogP contribution >= 0.6 is 0 Å². The van der Waals surface area contributed by atoms with Crippen molar-refractivity contribution >= 4 is 5.97 Å². The summed E-state index contributed by atoms with van der Waals surface area (Å²) in [5.74, 6) is -3.15. The Morgan fingerprint density at radius 1 is 1.02 bits per heavy atom.